The maximum atomic E-state index is 12.7. The van der Waals surface area contributed by atoms with Crippen LogP contribution < -0.4 is 0 Å². The first-order chi connectivity index (χ1) is 10.6. The smallest absolute Gasteiger partial charge is 0.335 e. The van der Waals surface area contributed by atoms with Gasteiger partial charge in [0.25, 0.3) is 5.91 Å². The van der Waals surface area contributed by atoms with Crippen molar-refractivity contribution in [3.8, 4) is 0 Å². The van der Waals surface area contributed by atoms with Gasteiger partial charge in [-0.05, 0) is 38.0 Å². The SMILES string of the molecule is Cc1csc(C2CCCN2C(=O)c2cccc(C(=O)O)c2)n1. The number of likely N-dealkylation sites (tertiary alicyclic amines) is 1. The molecular formula is C16H16N2O3S. The quantitative estimate of drug-likeness (QED) is 0.944. The fourth-order valence-corrected chi connectivity index (χ4v) is 3.69. The van der Waals surface area contributed by atoms with Gasteiger partial charge >= 0.3 is 5.97 Å². The molecule has 1 unspecified atom stereocenters. The van der Waals surface area contributed by atoms with Crippen LogP contribution in [0.5, 0.6) is 0 Å². The number of amides is 1. The number of carbonyl (C=O) groups is 2. The molecule has 1 saturated heterocycles. The molecule has 5 nitrogen and oxygen atoms in total. The Kier molecular flexibility index (Phi) is 3.94. The highest BCUT2D eigenvalue weighted by atomic mass is 32.1. The normalized spacial score (nSPS) is 17.7. The van der Waals surface area contributed by atoms with Gasteiger partial charge in [0.05, 0.1) is 11.6 Å². The summed E-state index contributed by atoms with van der Waals surface area (Å²) in [5, 5.41) is 12.0. The molecule has 1 amide bonds. The van der Waals surface area contributed by atoms with Gasteiger partial charge in [-0.25, -0.2) is 9.78 Å². The summed E-state index contributed by atoms with van der Waals surface area (Å²) < 4.78 is 0. The molecule has 0 radical (unpaired) electrons. The molecule has 1 fully saturated rings. The zero-order valence-corrected chi connectivity index (χ0v) is 13.0. The van der Waals surface area contributed by atoms with Crippen molar-refractivity contribution in [2.24, 2.45) is 0 Å². The van der Waals surface area contributed by atoms with Crippen LogP contribution in [-0.2, 0) is 0 Å². The summed E-state index contributed by atoms with van der Waals surface area (Å²) in [6.45, 7) is 2.62. The highest BCUT2D eigenvalue weighted by molar-refractivity contribution is 7.09. The van der Waals surface area contributed by atoms with Gasteiger partial charge in [-0.3, -0.25) is 4.79 Å². The molecular weight excluding hydrogens is 300 g/mol. The van der Waals surface area contributed by atoms with Crippen molar-refractivity contribution in [2.75, 3.05) is 6.54 Å². The second-order valence-corrected chi connectivity index (χ2v) is 6.26. The van der Waals surface area contributed by atoms with Gasteiger partial charge in [0, 0.05) is 23.2 Å². The van der Waals surface area contributed by atoms with Gasteiger partial charge in [-0.1, -0.05) is 6.07 Å². The van der Waals surface area contributed by atoms with Gasteiger partial charge in [0.2, 0.25) is 0 Å². The highest BCUT2D eigenvalue weighted by Crippen LogP contribution is 2.34. The zero-order valence-electron chi connectivity index (χ0n) is 12.2. The molecule has 3 rings (SSSR count). The minimum absolute atomic E-state index is 0.000292. The molecule has 1 aromatic heterocycles. The molecule has 2 aromatic rings. The molecule has 0 spiro atoms. The Balaban J connectivity index is 1.87. The topological polar surface area (TPSA) is 70.5 Å². The lowest BCUT2D eigenvalue weighted by Crippen LogP contribution is -2.30. The molecule has 2 heterocycles. The predicted molar refractivity (Wildman–Crippen MR) is 83.3 cm³/mol. The van der Waals surface area contributed by atoms with Gasteiger partial charge in [-0.15, -0.1) is 11.3 Å². The number of carboxylic acids is 1. The number of thiazole rings is 1. The van der Waals surface area contributed by atoms with Crippen molar-refractivity contribution in [1.82, 2.24) is 9.88 Å². The van der Waals surface area contributed by atoms with E-state index in [0.717, 1.165) is 23.5 Å². The van der Waals surface area contributed by atoms with Crippen LogP contribution in [0.3, 0.4) is 0 Å². The largest absolute Gasteiger partial charge is 0.478 e. The first-order valence-corrected chi connectivity index (χ1v) is 8.00. The lowest BCUT2D eigenvalue weighted by molar-refractivity contribution is 0.0697. The highest BCUT2D eigenvalue weighted by Gasteiger charge is 2.32. The molecule has 1 aliphatic heterocycles. The molecule has 0 bridgehead atoms. The van der Waals surface area contributed by atoms with Gasteiger partial charge in [0.15, 0.2) is 0 Å². The lowest BCUT2D eigenvalue weighted by atomic mass is 10.1. The summed E-state index contributed by atoms with van der Waals surface area (Å²) in [6.07, 6.45) is 1.84. The standard InChI is InChI=1S/C16H16N2O3S/c1-10-9-22-14(17-10)13-6-3-7-18(13)15(19)11-4-2-5-12(8-11)16(20)21/h2,4-5,8-9,13H,3,6-7H2,1H3,(H,20,21). The van der Waals surface area contributed by atoms with E-state index in [9.17, 15) is 9.59 Å². The average molecular weight is 316 g/mol. The van der Waals surface area contributed by atoms with Crippen LogP contribution in [0.4, 0.5) is 0 Å². The number of hydrogen-bond acceptors (Lipinski definition) is 4. The minimum Gasteiger partial charge on any atom is -0.478 e. The number of hydrogen-bond donors (Lipinski definition) is 1. The Morgan fingerprint density at radius 3 is 2.82 bits per heavy atom. The number of aromatic nitrogens is 1. The van der Waals surface area contributed by atoms with E-state index in [2.05, 4.69) is 4.98 Å². The van der Waals surface area contributed by atoms with Crippen molar-refractivity contribution in [3.05, 3.63) is 51.5 Å². The second kappa shape index (κ2) is 5.88. The van der Waals surface area contributed by atoms with E-state index in [1.807, 2.05) is 12.3 Å². The summed E-state index contributed by atoms with van der Waals surface area (Å²) in [5.41, 5.74) is 1.51. The number of nitrogens with zero attached hydrogens (tertiary/aromatic N) is 2. The maximum absolute atomic E-state index is 12.7. The molecule has 1 aliphatic rings. The first kappa shape index (κ1) is 14.7. The monoisotopic (exact) mass is 316 g/mol. The first-order valence-electron chi connectivity index (χ1n) is 7.12. The Hall–Kier alpha value is -2.21. The fourth-order valence-electron chi connectivity index (χ4n) is 2.74. The third-order valence-electron chi connectivity index (χ3n) is 3.79. The van der Waals surface area contributed by atoms with Crippen molar-refractivity contribution in [1.29, 1.82) is 0 Å². The third-order valence-corrected chi connectivity index (χ3v) is 4.86. The number of carboxylic acid groups (broad SMARTS) is 1. The predicted octanol–water partition coefficient (Wildman–Crippen LogP) is 3.13. The Bertz CT molecular complexity index is 726. The number of aromatic carboxylic acids is 1. The van der Waals surface area contributed by atoms with E-state index in [-0.39, 0.29) is 17.5 Å². The van der Waals surface area contributed by atoms with E-state index in [4.69, 9.17) is 5.11 Å². The van der Waals surface area contributed by atoms with E-state index < -0.39 is 5.97 Å². The number of carbonyl (C=O) groups excluding carboxylic acids is 1. The molecule has 1 aromatic carbocycles. The molecule has 1 atom stereocenters. The van der Waals surface area contributed by atoms with Gasteiger partial charge < -0.3 is 10.0 Å². The van der Waals surface area contributed by atoms with Crippen molar-refractivity contribution in [3.63, 3.8) is 0 Å². The summed E-state index contributed by atoms with van der Waals surface area (Å²) in [7, 11) is 0. The van der Waals surface area contributed by atoms with Crippen LogP contribution in [0.15, 0.2) is 29.6 Å². The van der Waals surface area contributed by atoms with E-state index >= 15 is 0 Å². The maximum Gasteiger partial charge on any atom is 0.335 e. The molecule has 0 aliphatic carbocycles. The van der Waals surface area contributed by atoms with Crippen LogP contribution in [0, 0.1) is 6.92 Å². The molecule has 0 saturated carbocycles. The third kappa shape index (κ3) is 2.74. The van der Waals surface area contributed by atoms with Crippen LogP contribution in [0.25, 0.3) is 0 Å². The lowest BCUT2D eigenvalue weighted by Gasteiger charge is -2.23. The Labute approximate surface area is 132 Å². The van der Waals surface area contributed by atoms with E-state index in [1.54, 1.807) is 28.4 Å². The summed E-state index contributed by atoms with van der Waals surface area (Å²) in [6, 6.07) is 6.20. The van der Waals surface area contributed by atoms with E-state index in [0.29, 0.717) is 12.1 Å². The number of aryl methyl sites for hydroxylation is 1. The Morgan fingerprint density at radius 2 is 2.14 bits per heavy atom. The fraction of sp³-hybridized carbons (Fsp3) is 0.312. The summed E-state index contributed by atoms with van der Waals surface area (Å²) >= 11 is 1.57. The zero-order chi connectivity index (χ0) is 15.7. The molecule has 6 heteroatoms. The number of rotatable bonds is 3. The Morgan fingerprint density at radius 1 is 1.36 bits per heavy atom. The average Bonchev–Trinajstić information content (AvgIpc) is 3.15. The van der Waals surface area contributed by atoms with Gasteiger partial charge in [-0.2, -0.15) is 0 Å². The number of benzene rings is 1. The van der Waals surface area contributed by atoms with E-state index in [1.165, 1.54) is 12.1 Å². The minimum atomic E-state index is -1.02. The van der Waals surface area contributed by atoms with Crippen molar-refractivity contribution < 1.29 is 14.7 Å². The summed E-state index contributed by atoms with van der Waals surface area (Å²) in [4.78, 5) is 30.1. The van der Waals surface area contributed by atoms with Crippen LogP contribution in [-0.4, -0.2) is 33.4 Å². The van der Waals surface area contributed by atoms with Crippen LogP contribution in [0.2, 0.25) is 0 Å². The van der Waals surface area contributed by atoms with Gasteiger partial charge in [0.1, 0.15) is 5.01 Å². The summed E-state index contributed by atoms with van der Waals surface area (Å²) in [5.74, 6) is -1.15. The van der Waals surface area contributed by atoms with Crippen LogP contribution in [0.1, 0.15) is 50.3 Å². The molecule has 1 N–H and O–H groups in total. The molecule has 22 heavy (non-hydrogen) atoms. The van der Waals surface area contributed by atoms with Crippen molar-refractivity contribution in [2.45, 2.75) is 25.8 Å². The molecule has 114 valence electrons. The van der Waals surface area contributed by atoms with Crippen LogP contribution >= 0.6 is 11.3 Å². The van der Waals surface area contributed by atoms with Crippen molar-refractivity contribution >= 4 is 23.2 Å². The second-order valence-electron chi connectivity index (χ2n) is 5.37.